The molecule has 2 aliphatic rings. The van der Waals surface area contributed by atoms with Crippen molar-refractivity contribution in [1.82, 2.24) is 0 Å². The zero-order chi connectivity index (χ0) is 21.9. The molecular formula is C25H34O4. The lowest BCUT2D eigenvalue weighted by Crippen LogP contribution is -2.23. The van der Waals surface area contributed by atoms with Gasteiger partial charge in [-0.05, 0) is 33.6 Å². The highest BCUT2D eigenvalue weighted by Gasteiger charge is 2.77. The first-order valence-corrected chi connectivity index (χ1v) is 10.5. The Balaban J connectivity index is 2.08. The molecule has 0 N–H and O–H groups in total. The maximum absolute atomic E-state index is 12.8. The molecule has 2 unspecified atom stereocenters. The number of rotatable bonds is 6. The predicted molar refractivity (Wildman–Crippen MR) is 115 cm³/mol. The van der Waals surface area contributed by atoms with E-state index < -0.39 is 0 Å². The van der Waals surface area contributed by atoms with E-state index in [-0.39, 0.29) is 33.9 Å². The van der Waals surface area contributed by atoms with Gasteiger partial charge in [0.2, 0.25) is 0 Å². The number of carbonyl (C=O) groups excluding carboxylic acids is 1. The van der Waals surface area contributed by atoms with Gasteiger partial charge in [0.05, 0.1) is 12.7 Å². The fraction of sp³-hybridized carbons (Fsp3) is 0.600. The van der Waals surface area contributed by atoms with Crippen molar-refractivity contribution >= 4 is 5.78 Å². The molecule has 158 valence electrons. The first-order valence-electron chi connectivity index (χ1n) is 10.5. The highest BCUT2D eigenvalue weighted by atomic mass is 16.6. The molecule has 0 amide bonds. The van der Waals surface area contributed by atoms with Crippen LogP contribution >= 0.6 is 0 Å². The molecule has 1 fully saturated rings. The van der Waals surface area contributed by atoms with E-state index in [1.54, 1.807) is 6.92 Å². The normalized spacial score (nSPS) is 31.9. The van der Waals surface area contributed by atoms with E-state index in [1.807, 2.05) is 20.8 Å². The van der Waals surface area contributed by atoms with Gasteiger partial charge in [0.25, 0.3) is 5.95 Å². The van der Waals surface area contributed by atoms with Gasteiger partial charge in [0.15, 0.2) is 5.43 Å². The Morgan fingerprint density at radius 1 is 1.28 bits per heavy atom. The second kappa shape index (κ2) is 7.00. The van der Waals surface area contributed by atoms with Crippen LogP contribution in [0.15, 0.2) is 32.5 Å². The lowest BCUT2D eigenvalue weighted by atomic mass is 9.81. The first kappa shape index (κ1) is 21.6. The van der Waals surface area contributed by atoms with Crippen LogP contribution in [0.1, 0.15) is 64.9 Å². The quantitative estimate of drug-likeness (QED) is 0.611. The molecule has 0 spiro atoms. The third-order valence-electron chi connectivity index (χ3n) is 7.69. The number of Topliss-reactive ketones (excluding diaryl/α,β-unsaturated/α-hetero) is 1. The van der Waals surface area contributed by atoms with E-state index in [4.69, 9.17) is 9.15 Å². The van der Waals surface area contributed by atoms with Gasteiger partial charge in [0, 0.05) is 34.7 Å². The van der Waals surface area contributed by atoms with Gasteiger partial charge in [-0.1, -0.05) is 51.0 Å². The van der Waals surface area contributed by atoms with E-state index in [1.165, 1.54) is 18.3 Å². The summed E-state index contributed by atoms with van der Waals surface area (Å²) in [5.74, 6) is 1.76. The highest BCUT2D eigenvalue weighted by Crippen LogP contribution is 2.78. The average Bonchev–Trinajstić information content (AvgIpc) is 2.98. The number of allylic oxidation sites excluding steroid dienone is 4. The standard InChI is InChI=1S/C25H34O4/c1-10-18(26)13(2)11-14(3)19-15(4)12-24(7)21(19)25(24,8)22-16(5)20(27)17(6)23(28-9)29-22/h11-13,19,21H,10H2,1-9H3/b14-11+/t13-,19+,21?,24+,25?/m1/s1. The lowest BCUT2D eigenvalue weighted by molar-refractivity contribution is -0.120. The Labute approximate surface area is 174 Å². The molecule has 1 aromatic rings. The summed E-state index contributed by atoms with van der Waals surface area (Å²) in [5, 5.41) is 0. The highest BCUT2D eigenvalue weighted by molar-refractivity contribution is 5.82. The van der Waals surface area contributed by atoms with E-state index in [2.05, 4.69) is 39.8 Å². The molecule has 4 heteroatoms. The zero-order valence-electron chi connectivity index (χ0n) is 19.2. The van der Waals surface area contributed by atoms with Gasteiger partial charge >= 0.3 is 0 Å². The second-order valence-corrected chi connectivity index (χ2v) is 9.35. The molecule has 0 saturated heterocycles. The molecular weight excluding hydrogens is 364 g/mol. The van der Waals surface area contributed by atoms with Crippen LogP contribution in [0.3, 0.4) is 0 Å². The summed E-state index contributed by atoms with van der Waals surface area (Å²) in [4.78, 5) is 24.9. The van der Waals surface area contributed by atoms with Crippen LogP contribution in [0.4, 0.5) is 0 Å². The Bertz CT molecular complexity index is 979. The molecule has 3 rings (SSSR count). The van der Waals surface area contributed by atoms with Crippen LogP contribution in [-0.2, 0) is 10.2 Å². The lowest BCUT2D eigenvalue weighted by Gasteiger charge is -2.24. The molecule has 0 bridgehead atoms. The summed E-state index contributed by atoms with van der Waals surface area (Å²) in [6.45, 7) is 16.2. The van der Waals surface area contributed by atoms with Gasteiger partial charge in [-0.2, -0.15) is 0 Å². The third kappa shape index (κ3) is 2.86. The molecule has 1 saturated carbocycles. The largest absolute Gasteiger partial charge is 0.468 e. The smallest absolute Gasteiger partial charge is 0.291 e. The van der Waals surface area contributed by atoms with Crippen molar-refractivity contribution in [3.63, 3.8) is 0 Å². The molecule has 0 aliphatic heterocycles. The van der Waals surface area contributed by atoms with Crippen LogP contribution in [0.25, 0.3) is 0 Å². The Hall–Kier alpha value is -2.10. The molecule has 0 radical (unpaired) electrons. The molecule has 1 heterocycles. The number of ketones is 1. The topological polar surface area (TPSA) is 56.5 Å². The van der Waals surface area contributed by atoms with Crippen LogP contribution < -0.4 is 10.2 Å². The van der Waals surface area contributed by atoms with Crippen LogP contribution in [-0.4, -0.2) is 12.9 Å². The minimum absolute atomic E-state index is 0.00965. The van der Waals surface area contributed by atoms with Crippen LogP contribution in [0.5, 0.6) is 5.95 Å². The summed E-state index contributed by atoms with van der Waals surface area (Å²) in [6.07, 6.45) is 5.02. The van der Waals surface area contributed by atoms with Gasteiger partial charge in [-0.3, -0.25) is 9.59 Å². The van der Waals surface area contributed by atoms with Gasteiger partial charge in [0.1, 0.15) is 11.5 Å². The van der Waals surface area contributed by atoms with E-state index in [0.29, 0.717) is 29.4 Å². The third-order valence-corrected chi connectivity index (χ3v) is 7.69. The molecule has 5 atom stereocenters. The maximum atomic E-state index is 12.8. The summed E-state index contributed by atoms with van der Waals surface area (Å²) < 4.78 is 11.5. The fourth-order valence-corrected chi connectivity index (χ4v) is 5.95. The van der Waals surface area contributed by atoms with Crippen LogP contribution in [0.2, 0.25) is 0 Å². The fourth-order valence-electron chi connectivity index (χ4n) is 5.95. The van der Waals surface area contributed by atoms with Crippen molar-refractivity contribution in [3.8, 4) is 5.95 Å². The Morgan fingerprint density at radius 3 is 2.45 bits per heavy atom. The SMILES string of the molecule is CCC(=O)[C@H](C)/C=C(\C)[C@H]1C(C)=C[C@@]2(C)C1C2(C)c1oc(OC)c(C)c(=O)c1C. The van der Waals surface area contributed by atoms with Gasteiger partial charge in [-0.15, -0.1) is 0 Å². The van der Waals surface area contributed by atoms with Crippen molar-refractivity contribution < 1.29 is 13.9 Å². The summed E-state index contributed by atoms with van der Waals surface area (Å²) in [7, 11) is 1.54. The van der Waals surface area contributed by atoms with Crippen LogP contribution in [0, 0.1) is 37.0 Å². The van der Waals surface area contributed by atoms with Crippen molar-refractivity contribution in [2.75, 3.05) is 7.11 Å². The maximum Gasteiger partial charge on any atom is 0.291 e. The van der Waals surface area contributed by atoms with Gasteiger partial charge < -0.3 is 9.15 Å². The summed E-state index contributed by atoms with van der Waals surface area (Å²) in [6, 6.07) is 0. The van der Waals surface area contributed by atoms with Gasteiger partial charge in [-0.25, -0.2) is 0 Å². The predicted octanol–water partition coefficient (Wildman–Crippen LogP) is 5.30. The molecule has 2 aliphatic carbocycles. The Morgan fingerprint density at radius 2 is 1.90 bits per heavy atom. The summed E-state index contributed by atoms with van der Waals surface area (Å²) >= 11 is 0. The molecule has 29 heavy (non-hydrogen) atoms. The number of ether oxygens (including phenoxy) is 1. The number of hydrogen-bond acceptors (Lipinski definition) is 4. The monoisotopic (exact) mass is 398 g/mol. The van der Waals surface area contributed by atoms with Crippen molar-refractivity contribution in [1.29, 1.82) is 0 Å². The minimum Gasteiger partial charge on any atom is -0.468 e. The minimum atomic E-state index is -0.283. The van der Waals surface area contributed by atoms with E-state index in [0.717, 1.165) is 5.76 Å². The van der Waals surface area contributed by atoms with Crippen molar-refractivity contribution in [2.24, 2.45) is 23.2 Å². The zero-order valence-corrected chi connectivity index (χ0v) is 19.2. The second-order valence-electron chi connectivity index (χ2n) is 9.35. The Kier molecular flexibility index (Phi) is 5.21. The number of fused-ring (bicyclic) bond motifs is 1. The van der Waals surface area contributed by atoms with E-state index in [9.17, 15) is 9.59 Å². The number of carbonyl (C=O) groups is 1. The van der Waals surface area contributed by atoms with E-state index >= 15 is 0 Å². The molecule has 1 aromatic heterocycles. The number of methoxy groups -OCH3 is 1. The van der Waals surface area contributed by atoms with Crippen molar-refractivity contribution in [2.45, 2.75) is 67.2 Å². The first-order chi connectivity index (χ1) is 13.4. The van der Waals surface area contributed by atoms with Crippen molar-refractivity contribution in [3.05, 3.63) is 50.4 Å². The molecule has 4 nitrogen and oxygen atoms in total. The summed E-state index contributed by atoms with van der Waals surface area (Å²) in [5.41, 5.74) is 3.36. The average molecular weight is 399 g/mol. The molecule has 0 aromatic carbocycles. The number of hydrogen-bond donors (Lipinski definition) is 0.